The van der Waals surface area contributed by atoms with E-state index in [1.807, 2.05) is 0 Å². The maximum Gasteiger partial charge on any atom is 0.334 e. The Balaban J connectivity index is 3.55. The maximum atomic E-state index is 5.44. The van der Waals surface area contributed by atoms with Crippen LogP contribution in [0.3, 0.4) is 0 Å². The molecule has 0 atom stereocenters. The maximum absolute atomic E-state index is 5.44. The lowest BCUT2D eigenvalue weighted by atomic mass is 10.1. The first-order chi connectivity index (χ1) is 8.45. The molecule has 0 fully saturated rings. The van der Waals surface area contributed by atoms with Crippen molar-refractivity contribution in [3.8, 4) is 0 Å². The predicted octanol–water partition coefficient (Wildman–Crippen LogP) is 2.45. The number of hydrogen-bond donors (Lipinski definition) is 1. The molecule has 1 N–H and O–H groups in total. The van der Waals surface area contributed by atoms with Crippen LogP contribution in [0.4, 0.5) is 0 Å². The molecule has 0 unspecified atom stereocenters. The molecule has 0 rings (SSSR count). The molecule has 0 saturated carbocycles. The summed E-state index contributed by atoms with van der Waals surface area (Å²) in [5, 5.41) is 3.40. The van der Waals surface area contributed by atoms with Gasteiger partial charge in [0.15, 0.2) is 0 Å². The number of aliphatic imine (C=N–C) groups is 1. The van der Waals surface area contributed by atoms with Crippen LogP contribution in [0.25, 0.3) is 0 Å². The van der Waals surface area contributed by atoms with Gasteiger partial charge in [0.1, 0.15) is 0 Å². The molecule has 0 aromatic heterocycles. The summed E-state index contributed by atoms with van der Waals surface area (Å²) in [6.07, 6.45) is 1.09. The second-order valence-electron chi connectivity index (χ2n) is 5.07. The van der Waals surface area contributed by atoms with Gasteiger partial charge in [-0.2, -0.15) is 0 Å². The quantitative estimate of drug-likeness (QED) is 0.378. The van der Waals surface area contributed by atoms with E-state index in [0.717, 1.165) is 32.1 Å². The molecular formula is C13H30N2O2Si. The molecule has 0 amide bonds. The molecule has 18 heavy (non-hydrogen) atoms. The number of rotatable bonds is 10. The fourth-order valence-electron chi connectivity index (χ4n) is 1.44. The summed E-state index contributed by atoms with van der Waals surface area (Å²) in [6.45, 7) is 11.4. The fourth-order valence-corrected chi connectivity index (χ4v) is 2.83. The Kier molecular flexibility index (Phi) is 9.54. The van der Waals surface area contributed by atoms with Crippen LogP contribution in [-0.4, -0.2) is 48.1 Å². The molecule has 0 aliphatic carbocycles. The van der Waals surface area contributed by atoms with E-state index in [2.05, 4.69) is 37.6 Å². The van der Waals surface area contributed by atoms with E-state index < -0.39 is 8.56 Å². The van der Waals surface area contributed by atoms with E-state index in [4.69, 9.17) is 8.85 Å². The van der Waals surface area contributed by atoms with Gasteiger partial charge in [-0.3, -0.25) is 4.99 Å². The first-order valence-corrected chi connectivity index (χ1v) is 9.29. The summed E-state index contributed by atoms with van der Waals surface area (Å²) in [6, 6.07) is 1.03. The summed E-state index contributed by atoms with van der Waals surface area (Å²) in [4.78, 5) is 4.52. The van der Waals surface area contributed by atoms with Crippen LogP contribution in [0.2, 0.25) is 12.6 Å². The van der Waals surface area contributed by atoms with Crippen molar-refractivity contribution in [3.63, 3.8) is 0 Å². The molecule has 0 saturated heterocycles. The van der Waals surface area contributed by atoms with Crippen LogP contribution in [0.15, 0.2) is 4.99 Å². The van der Waals surface area contributed by atoms with Crippen molar-refractivity contribution in [1.82, 2.24) is 5.32 Å². The molecule has 108 valence electrons. The zero-order valence-electron chi connectivity index (χ0n) is 12.9. The van der Waals surface area contributed by atoms with Gasteiger partial charge in [-0.25, -0.2) is 0 Å². The average Bonchev–Trinajstić information content (AvgIpc) is 2.36. The highest BCUT2D eigenvalue weighted by Gasteiger charge is 2.27. The highest BCUT2D eigenvalue weighted by atomic mass is 28.4. The zero-order chi connectivity index (χ0) is 14.0. The highest BCUT2D eigenvalue weighted by Crippen LogP contribution is 2.12. The molecule has 0 heterocycles. The number of nitrogens with zero attached hydrogens (tertiary/aromatic N) is 1. The topological polar surface area (TPSA) is 42.8 Å². The zero-order valence-corrected chi connectivity index (χ0v) is 13.9. The molecule has 4 nitrogen and oxygen atoms in total. The van der Waals surface area contributed by atoms with E-state index in [0.29, 0.717) is 5.92 Å². The van der Waals surface area contributed by atoms with E-state index in [1.165, 1.54) is 5.71 Å². The van der Waals surface area contributed by atoms with E-state index >= 15 is 0 Å². The highest BCUT2D eigenvalue weighted by molar-refractivity contribution is 6.65. The Hall–Kier alpha value is -0.233. The monoisotopic (exact) mass is 274 g/mol. The van der Waals surface area contributed by atoms with Crippen molar-refractivity contribution in [2.75, 3.05) is 33.9 Å². The van der Waals surface area contributed by atoms with Crippen LogP contribution in [-0.2, 0) is 8.85 Å². The molecular weight excluding hydrogens is 244 g/mol. The molecule has 0 aliphatic rings. The van der Waals surface area contributed by atoms with Gasteiger partial charge in [0, 0.05) is 26.5 Å². The van der Waals surface area contributed by atoms with Crippen LogP contribution in [0.5, 0.6) is 0 Å². The van der Waals surface area contributed by atoms with Gasteiger partial charge in [0.25, 0.3) is 0 Å². The van der Waals surface area contributed by atoms with E-state index in [-0.39, 0.29) is 0 Å². The SMILES string of the molecule is CO[Si](C)(CCCNCCN=C(C)C(C)C)OC. The smallest absolute Gasteiger partial charge is 0.334 e. The number of nitrogens with one attached hydrogen (secondary N) is 1. The minimum atomic E-state index is -1.87. The van der Waals surface area contributed by atoms with Crippen LogP contribution in [0.1, 0.15) is 27.2 Å². The normalized spacial score (nSPS) is 13.4. The average molecular weight is 274 g/mol. The van der Waals surface area contributed by atoms with Gasteiger partial charge in [-0.15, -0.1) is 0 Å². The predicted molar refractivity (Wildman–Crippen MR) is 80.7 cm³/mol. The van der Waals surface area contributed by atoms with Crippen LogP contribution in [0, 0.1) is 5.92 Å². The molecule has 0 aromatic carbocycles. The van der Waals surface area contributed by atoms with Gasteiger partial charge in [-0.05, 0) is 38.4 Å². The summed E-state index contributed by atoms with van der Waals surface area (Å²) in [5.41, 5.74) is 1.23. The van der Waals surface area contributed by atoms with E-state index in [9.17, 15) is 0 Å². The molecule has 0 aromatic rings. The lowest BCUT2D eigenvalue weighted by molar-refractivity contribution is 0.248. The summed E-state index contributed by atoms with van der Waals surface area (Å²) in [5.74, 6) is 0.556. The third-order valence-electron chi connectivity index (χ3n) is 3.33. The summed E-state index contributed by atoms with van der Waals surface area (Å²) in [7, 11) is 1.62. The largest absolute Gasteiger partial charge is 0.398 e. The fraction of sp³-hybridized carbons (Fsp3) is 0.923. The summed E-state index contributed by atoms with van der Waals surface area (Å²) >= 11 is 0. The van der Waals surface area contributed by atoms with Gasteiger partial charge >= 0.3 is 8.56 Å². The van der Waals surface area contributed by atoms with Crippen molar-refractivity contribution in [2.45, 2.75) is 39.8 Å². The number of hydrogen-bond acceptors (Lipinski definition) is 4. The molecule has 0 bridgehead atoms. The van der Waals surface area contributed by atoms with Gasteiger partial charge < -0.3 is 14.2 Å². The third kappa shape index (κ3) is 7.97. The molecule has 5 heteroatoms. The van der Waals surface area contributed by atoms with Crippen molar-refractivity contribution < 1.29 is 8.85 Å². The van der Waals surface area contributed by atoms with E-state index in [1.54, 1.807) is 14.2 Å². The summed E-state index contributed by atoms with van der Waals surface area (Å²) < 4.78 is 10.9. The van der Waals surface area contributed by atoms with Gasteiger partial charge in [0.2, 0.25) is 0 Å². The molecule has 0 aliphatic heterocycles. The molecule has 0 radical (unpaired) electrons. The Morgan fingerprint density at radius 1 is 1.22 bits per heavy atom. The lowest BCUT2D eigenvalue weighted by Crippen LogP contribution is -2.36. The first-order valence-electron chi connectivity index (χ1n) is 6.77. The van der Waals surface area contributed by atoms with Crippen molar-refractivity contribution in [1.29, 1.82) is 0 Å². The Morgan fingerprint density at radius 2 is 1.83 bits per heavy atom. The Bertz CT molecular complexity index is 241. The standard InChI is InChI=1S/C13H30N2O2Si/c1-12(2)13(3)15-10-9-14-8-7-11-18(6,16-4)17-5/h12,14H,7-11H2,1-6H3. The Morgan fingerprint density at radius 3 is 2.33 bits per heavy atom. The minimum Gasteiger partial charge on any atom is -0.398 e. The Labute approximate surface area is 113 Å². The third-order valence-corrected chi connectivity index (χ3v) is 6.32. The minimum absolute atomic E-state index is 0.556. The van der Waals surface area contributed by atoms with Crippen LogP contribution < -0.4 is 5.32 Å². The first kappa shape index (κ1) is 17.8. The van der Waals surface area contributed by atoms with Crippen molar-refractivity contribution >= 4 is 14.3 Å². The second kappa shape index (κ2) is 9.66. The van der Waals surface area contributed by atoms with Gasteiger partial charge in [-0.1, -0.05) is 13.8 Å². The van der Waals surface area contributed by atoms with Crippen LogP contribution >= 0.6 is 0 Å². The van der Waals surface area contributed by atoms with Gasteiger partial charge in [0.05, 0.1) is 6.54 Å². The lowest BCUT2D eigenvalue weighted by Gasteiger charge is -2.22. The van der Waals surface area contributed by atoms with Crippen molar-refractivity contribution in [3.05, 3.63) is 0 Å². The molecule has 0 spiro atoms. The van der Waals surface area contributed by atoms with Crippen molar-refractivity contribution in [2.24, 2.45) is 10.9 Å². The second-order valence-corrected chi connectivity index (χ2v) is 8.66.